The molecule has 23 heavy (non-hydrogen) atoms. The van der Waals surface area contributed by atoms with E-state index in [1.54, 1.807) is 0 Å². The van der Waals surface area contributed by atoms with E-state index in [0.717, 1.165) is 50.0 Å². The molecule has 4 heteroatoms. The first-order valence-electron chi connectivity index (χ1n) is 8.89. The normalized spacial score (nSPS) is 30.9. The Morgan fingerprint density at radius 1 is 1.17 bits per heavy atom. The molecule has 1 aromatic rings. The standard InChI is InChI=1S/C19H28BNO2/c1-13(2)17(21)15-3-5-16(6-4-15)23-19(20,22)18-10-7-14(8-11-18)9-12-18/h3-6,13-14,17,22H,7-12,21H2,1-2H3. The highest BCUT2D eigenvalue weighted by Gasteiger charge is 2.52. The van der Waals surface area contributed by atoms with Crippen LogP contribution in [-0.4, -0.2) is 18.6 Å². The van der Waals surface area contributed by atoms with Crippen LogP contribution < -0.4 is 10.5 Å². The molecule has 0 aliphatic heterocycles. The zero-order chi connectivity index (χ0) is 16.7. The Balaban J connectivity index is 1.73. The summed E-state index contributed by atoms with van der Waals surface area (Å²) in [7, 11) is 6.25. The second-order valence-corrected chi connectivity index (χ2v) is 7.90. The van der Waals surface area contributed by atoms with E-state index in [-0.39, 0.29) is 11.5 Å². The van der Waals surface area contributed by atoms with Gasteiger partial charge in [-0.05, 0) is 68.1 Å². The monoisotopic (exact) mass is 313 g/mol. The largest absolute Gasteiger partial charge is 0.472 e. The number of ether oxygens (including phenoxy) is 1. The molecule has 3 saturated carbocycles. The van der Waals surface area contributed by atoms with Crippen molar-refractivity contribution < 1.29 is 9.84 Å². The Morgan fingerprint density at radius 3 is 2.17 bits per heavy atom. The van der Waals surface area contributed by atoms with Gasteiger partial charge in [0.1, 0.15) is 5.75 Å². The molecule has 3 fully saturated rings. The maximum atomic E-state index is 10.9. The van der Waals surface area contributed by atoms with Gasteiger partial charge in [-0.25, -0.2) is 0 Å². The van der Waals surface area contributed by atoms with Gasteiger partial charge in [0.2, 0.25) is 0 Å². The lowest BCUT2D eigenvalue weighted by atomic mass is 9.53. The van der Waals surface area contributed by atoms with Crippen LogP contribution in [0.4, 0.5) is 0 Å². The Bertz CT molecular complexity index is 519. The minimum Gasteiger partial charge on any atom is -0.472 e. The topological polar surface area (TPSA) is 55.5 Å². The molecule has 2 unspecified atom stereocenters. The fraction of sp³-hybridized carbons (Fsp3) is 0.684. The second-order valence-electron chi connectivity index (χ2n) is 7.90. The Morgan fingerprint density at radius 2 is 1.70 bits per heavy atom. The van der Waals surface area contributed by atoms with Gasteiger partial charge in [0.25, 0.3) is 0 Å². The van der Waals surface area contributed by atoms with Crippen molar-refractivity contribution in [1.82, 2.24) is 0 Å². The molecule has 3 aliphatic rings. The highest BCUT2D eigenvalue weighted by atomic mass is 16.6. The van der Waals surface area contributed by atoms with E-state index in [0.29, 0.717) is 11.7 Å². The summed E-state index contributed by atoms with van der Waals surface area (Å²) in [5.41, 5.74) is 5.34. The molecule has 2 atom stereocenters. The van der Waals surface area contributed by atoms with Gasteiger partial charge < -0.3 is 15.6 Å². The minimum absolute atomic E-state index is 0.00743. The van der Waals surface area contributed by atoms with Gasteiger partial charge in [0.05, 0.1) is 0 Å². The molecule has 0 spiro atoms. The van der Waals surface area contributed by atoms with Gasteiger partial charge in [-0.15, -0.1) is 0 Å². The molecule has 0 saturated heterocycles. The highest BCUT2D eigenvalue weighted by molar-refractivity contribution is 6.14. The summed E-state index contributed by atoms with van der Waals surface area (Å²) < 4.78 is 5.85. The number of fused-ring (bicyclic) bond motifs is 3. The van der Waals surface area contributed by atoms with Crippen LogP contribution in [0.3, 0.4) is 0 Å². The number of hydrogen-bond acceptors (Lipinski definition) is 3. The van der Waals surface area contributed by atoms with Gasteiger partial charge in [-0.3, -0.25) is 0 Å². The van der Waals surface area contributed by atoms with Crippen LogP contribution in [0.5, 0.6) is 5.75 Å². The Kier molecular flexibility index (Phi) is 4.50. The van der Waals surface area contributed by atoms with E-state index >= 15 is 0 Å². The fourth-order valence-electron chi connectivity index (χ4n) is 4.22. The lowest BCUT2D eigenvalue weighted by Crippen LogP contribution is -2.57. The molecular weight excluding hydrogens is 285 g/mol. The van der Waals surface area contributed by atoms with E-state index in [1.165, 1.54) is 0 Å². The second kappa shape index (κ2) is 6.14. The quantitative estimate of drug-likeness (QED) is 0.646. The first-order chi connectivity index (χ1) is 10.8. The van der Waals surface area contributed by atoms with Gasteiger partial charge in [0.15, 0.2) is 13.5 Å². The molecule has 0 amide bonds. The number of hydrogen-bond donors (Lipinski definition) is 2. The van der Waals surface area contributed by atoms with E-state index < -0.39 is 5.69 Å². The van der Waals surface area contributed by atoms with Crippen molar-refractivity contribution in [1.29, 1.82) is 0 Å². The average molecular weight is 313 g/mol. The molecule has 4 rings (SSSR count). The molecule has 0 heterocycles. The lowest BCUT2D eigenvalue weighted by Gasteiger charge is -2.53. The van der Waals surface area contributed by atoms with E-state index in [1.807, 2.05) is 24.3 Å². The van der Waals surface area contributed by atoms with Crippen molar-refractivity contribution in [3.63, 3.8) is 0 Å². The van der Waals surface area contributed by atoms with E-state index in [2.05, 4.69) is 13.8 Å². The molecule has 3 aliphatic carbocycles. The van der Waals surface area contributed by atoms with Crippen LogP contribution in [0, 0.1) is 17.3 Å². The molecule has 2 radical (unpaired) electrons. The van der Waals surface area contributed by atoms with E-state index in [4.69, 9.17) is 18.3 Å². The summed E-state index contributed by atoms with van der Waals surface area (Å²) in [5.74, 6) is 1.81. The maximum Gasteiger partial charge on any atom is 0.173 e. The first-order valence-corrected chi connectivity index (χ1v) is 8.89. The predicted molar refractivity (Wildman–Crippen MR) is 93.2 cm³/mol. The molecule has 1 aromatic carbocycles. The number of aliphatic hydroxyl groups is 1. The number of benzene rings is 1. The third kappa shape index (κ3) is 3.16. The first kappa shape index (κ1) is 16.8. The third-order valence-corrected chi connectivity index (χ3v) is 6.11. The van der Waals surface area contributed by atoms with Crippen molar-refractivity contribution in [2.24, 2.45) is 23.0 Å². The molecule has 3 nitrogen and oxygen atoms in total. The maximum absolute atomic E-state index is 10.9. The zero-order valence-corrected chi connectivity index (χ0v) is 14.3. The average Bonchev–Trinajstić information content (AvgIpc) is 2.56. The minimum atomic E-state index is -1.60. The zero-order valence-electron chi connectivity index (χ0n) is 14.3. The predicted octanol–water partition coefficient (Wildman–Crippen LogP) is 3.51. The molecule has 3 N–H and O–H groups in total. The van der Waals surface area contributed by atoms with Gasteiger partial charge in [-0.2, -0.15) is 0 Å². The van der Waals surface area contributed by atoms with Crippen LogP contribution in [0.15, 0.2) is 24.3 Å². The van der Waals surface area contributed by atoms with Crippen molar-refractivity contribution in [2.45, 2.75) is 64.1 Å². The van der Waals surface area contributed by atoms with Crippen molar-refractivity contribution >= 4 is 7.85 Å². The summed E-state index contributed by atoms with van der Waals surface area (Å²) >= 11 is 0. The SMILES string of the molecule is [B]C(O)(Oc1ccc(C(N)C(C)C)cc1)C12CCC(CC1)CC2. The van der Waals surface area contributed by atoms with Gasteiger partial charge in [-0.1, -0.05) is 26.0 Å². The van der Waals surface area contributed by atoms with Crippen LogP contribution in [-0.2, 0) is 0 Å². The lowest BCUT2D eigenvalue weighted by molar-refractivity contribution is -0.191. The summed E-state index contributed by atoms with van der Waals surface area (Å²) in [6.07, 6.45) is 6.35. The Labute approximate surface area is 141 Å². The molecule has 2 bridgehead atoms. The molecule has 124 valence electrons. The van der Waals surface area contributed by atoms with E-state index in [9.17, 15) is 5.11 Å². The van der Waals surface area contributed by atoms with Crippen molar-refractivity contribution in [3.05, 3.63) is 29.8 Å². The number of nitrogens with two attached hydrogens (primary N) is 1. The third-order valence-electron chi connectivity index (χ3n) is 6.11. The summed E-state index contributed by atoms with van der Waals surface area (Å²) in [5, 5.41) is 10.9. The number of rotatable bonds is 5. The van der Waals surface area contributed by atoms with Crippen molar-refractivity contribution in [2.75, 3.05) is 0 Å². The van der Waals surface area contributed by atoms with Crippen LogP contribution in [0.25, 0.3) is 0 Å². The summed E-state index contributed by atoms with van der Waals surface area (Å²) in [6, 6.07) is 7.66. The Hall–Kier alpha value is -0.995. The molecular formula is C19H28BNO2. The van der Waals surface area contributed by atoms with Gasteiger partial charge in [0, 0.05) is 11.5 Å². The smallest absolute Gasteiger partial charge is 0.173 e. The molecule has 0 aromatic heterocycles. The highest BCUT2D eigenvalue weighted by Crippen LogP contribution is 2.55. The van der Waals surface area contributed by atoms with Gasteiger partial charge >= 0.3 is 0 Å². The fourth-order valence-corrected chi connectivity index (χ4v) is 4.22. The summed E-state index contributed by atoms with van der Waals surface area (Å²) in [4.78, 5) is 0. The van der Waals surface area contributed by atoms with Crippen molar-refractivity contribution in [3.8, 4) is 5.75 Å². The van der Waals surface area contributed by atoms with Crippen LogP contribution in [0.2, 0.25) is 0 Å². The van der Waals surface area contributed by atoms with Crippen LogP contribution >= 0.6 is 0 Å². The van der Waals surface area contributed by atoms with Crippen LogP contribution in [0.1, 0.15) is 64.0 Å². The summed E-state index contributed by atoms with van der Waals surface area (Å²) in [6.45, 7) is 4.21.